The van der Waals surface area contributed by atoms with Crippen molar-refractivity contribution in [3.05, 3.63) is 64.7 Å². The molecule has 0 radical (unpaired) electrons. The molecule has 6 heteroatoms. The quantitative estimate of drug-likeness (QED) is 0.786. The van der Waals surface area contributed by atoms with E-state index in [0.29, 0.717) is 61.4 Å². The van der Waals surface area contributed by atoms with Gasteiger partial charge in [-0.3, -0.25) is 19.2 Å². The first-order chi connectivity index (χ1) is 15.5. The molecule has 2 fully saturated rings. The zero-order chi connectivity index (χ0) is 22.2. The lowest BCUT2D eigenvalue weighted by atomic mass is 9.94. The summed E-state index contributed by atoms with van der Waals surface area (Å²) in [6.45, 7) is 0.319. The van der Waals surface area contributed by atoms with Gasteiger partial charge in [0.2, 0.25) is 0 Å². The fourth-order valence-corrected chi connectivity index (χ4v) is 4.77. The van der Waals surface area contributed by atoms with Crippen molar-refractivity contribution in [3.8, 4) is 0 Å². The molecule has 1 aliphatic heterocycles. The van der Waals surface area contributed by atoms with E-state index in [-0.39, 0.29) is 23.4 Å². The number of amides is 2. The van der Waals surface area contributed by atoms with Gasteiger partial charge in [-0.2, -0.15) is 0 Å². The Morgan fingerprint density at radius 2 is 1.78 bits per heavy atom. The predicted octanol–water partition coefficient (Wildman–Crippen LogP) is 4.24. The van der Waals surface area contributed by atoms with Gasteiger partial charge in [0.15, 0.2) is 5.78 Å². The molecule has 0 saturated heterocycles. The first-order valence-electron chi connectivity index (χ1n) is 11.4. The number of carbonyl (C=O) groups excluding carboxylic acids is 4. The second-order valence-electron chi connectivity index (χ2n) is 9.07. The molecule has 2 amide bonds. The van der Waals surface area contributed by atoms with Gasteiger partial charge in [-0.25, -0.2) is 0 Å². The van der Waals surface area contributed by atoms with E-state index in [1.165, 1.54) is 18.4 Å². The number of fused-ring (bicyclic) bond motifs is 1. The minimum atomic E-state index is -0.553. The molecule has 0 aromatic heterocycles. The van der Waals surface area contributed by atoms with E-state index in [1.807, 2.05) is 18.2 Å². The lowest BCUT2D eigenvalue weighted by Crippen LogP contribution is -2.42. The van der Waals surface area contributed by atoms with E-state index in [0.717, 1.165) is 5.56 Å². The van der Waals surface area contributed by atoms with Crippen molar-refractivity contribution in [1.29, 1.82) is 0 Å². The van der Waals surface area contributed by atoms with Gasteiger partial charge in [-0.15, -0.1) is 0 Å². The highest BCUT2D eigenvalue weighted by Gasteiger charge is 2.37. The van der Waals surface area contributed by atoms with Crippen molar-refractivity contribution >= 4 is 29.1 Å². The Bertz CT molecular complexity index is 1120. The number of benzene rings is 2. The zero-order valence-corrected chi connectivity index (χ0v) is 17.9. The summed E-state index contributed by atoms with van der Waals surface area (Å²) >= 11 is 0. The Morgan fingerprint density at radius 1 is 0.938 bits per heavy atom. The third-order valence-electron chi connectivity index (χ3n) is 6.72. The number of hydrogen-bond donors (Lipinski definition) is 1. The van der Waals surface area contributed by atoms with Crippen molar-refractivity contribution in [2.75, 3.05) is 5.32 Å². The smallest absolute Gasteiger partial charge is 0.255 e. The van der Waals surface area contributed by atoms with Crippen LogP contribution >= 0.6 is 0 Å². The molecular weight excluding hydrogens is 404 g/mol. The largest absolute Gasteiger partial charge is 0.324 e. The second-order valence-corrected chi connectivity index (χ2v) is 9.07. The van der Waals surface area contributed by atoms with Gasteiger partial charge in [0.25, 0.3) is 11.8 Å². The van der Waals surface area contributed by atoms with Crippen molar-refractivity contribution < 1.29 is 19.2 Å². The maximum absolute atomic E-state index is 13.0. The van der Waals surface area contributed by atoms with E-state index < -0.39 is 6.04 Å². The second kappa shape index (κ2) is 8.34. The third-order valence-corrected chi connectivity index (χ3v) is 6.72. The van der Waals surface area contributed by atoms with Crippen LogP contribution < -0.4 is 5.32 Å². The van der Waals surface area contributed by atoms with Gasteiger partial charge >= 0.3 is 0 Å². The van der Waals surface area contributed by atoms with Crippen LogP contribution in [0.2, 0.25) is 0 Å². The Kier molecular flexibility index (Phi) is 5.37. The molecule has 2 aliphatic carbocycles. The van der Waals surface area contributed by atoms with E-state index in [9.17, 15) is 19.2 Å². The highest BCUT2D eigenvalue weighted by Crippen LogP contribution is 2.40. The van der Waals surface area contributed by atoms with Crippen LogP contribution in [-0.2, 0) is 16.1 Å². The molecule has 1 unspecified atom stereocenters. The first-order valence-corrected chi connectivity index (χ1v) is 11.4. The minimum Gasteiger partial charge on any atom is -0.324 e. The first kappa shape index (κ1) is 20.6. The summed E-state index contributed by atoms with van der Waals surface area (Å²) in [6.07, 6.45) is 4.41. The van der Waals surface area contributed by atoms with Gasteiger partial charge in [0, 0.05) is 42.6 Å². The molecule has 164 valence electrons. The molecule has 1 atom stereocenters. The van der Waals surface area contributed by atoms with Gasteiger partial charge in [0.1, 0.15) is 5.78 Å². The highest BCUT2D eigenvalue weighted by atomic mass is 16.2. The van der Waals surface area contributed by atoms with Crippen LogP contribution in [0.3, 0.4) is 0 Å². The molecule has 1 heterocycles. The van der Waals surface area contributed by atoms with E-state index >= 15 is 0 Å². The summed E-state index contributed by atoms with van der Waals surface area (Å²) in [7, 11) is 0. The Balaban J connectivity index is 1.31. The normalized spacial score (nSPS) is 21.2. The van der Waals surface area contributed by atoms with Crippen molar-refractivity contribution in [2.45, 2.75) is 63.5 Å². The number of anilines is 1. The van der Waals surface area contributed by atoms with Crippen LogP contribution in [-0.4, -0.2) is 34.3 Å². The summed E-state index contributed by atoms with van der Waals surface area (Å²) in [5, 5.41) is 2.94. The van der Waals surface area contributed by atoms with Crippen LogP contribution in [0.15, 0.2) is 42.5 Å². The topological polar surface area (TPSA) is 83.6 Å². The van der Waals surface area contributed by atoms with Crippen molar-refractivity contribution in [3.63, 3.8) is 0 Å². The Hall–Kier alpha value is -3.28. The number of ketones is 2. The van der Waals surface area contributed by atoms with Crippen LogP contribution in [0, 0.1) is 0 Å². The maximum Gasteiger partial charge on any atom is 0.255 e. The van der Waals surface area contributed by atoms with Gasteiger partial charge in [-0.05, 0) is 73.1 Å². The molecular formula is C26H26N2O4. The lowest BCUT2D eigenvalue weighted by Gasteiger charge is -2.27. The van der Waals surface area contributed by atoms with Gasteiger partial charge < -0.3 is 10.2 Å². The van der Waals surface area contributed by atoms with Crippen molar-refractivity contribution in [1.82, 2.24) is 4.90 Å². The van der Waals surface area contributed by atoms with Crippen LogP contribution in [0.1, 0.15) is 82.7 Å². The summed E-state index contributed by atoms with van der Waals surface area (Å²) in [5.41, 5.74) is 3.80. The highest BCUT2D eigenvalue weighted by molar-refractivity contribution is 6.06. The maximum atomic E-state index is 13.0. The Labute approximate surface area is 187 Å². The summed E-state index contributed by atoms with van der Waals surface area (Å²) in [4.78, 5) is 51.9. The number of nitrogens with zero attached hydrogens (tertiary/aromatic N) is 1. The number of Topliss-reactive ketones (excluding diaryl/α,β-unsaturated/α-hetero) is 2. The van der Waals surface area contributed by atoms with E-state index in [4.69, 9.17) is 0 Å². The molecule has 1 N–H and O–H groups in total. The monoisotopic (exact) mass is 430 g/mol. The number of carbonyl (C=O) groups is 4. The SMILES string of the molecule is O=C1CCCC(=O)C(N2Cc3cc(NC(=O)c4cccc(C5CC5)c4)ccc3C2=O)CC1. The molecule has 0 spiro atoms. The summed E-state index contributed by atoms with van der Waals surface area (Å²) < 4.78 is 0. The zero-order valence-electron chi connectivity index (χ0n) is 17.9. The molecule has 2 saturated carbocycles. The number of hydrogen-bond acceptors (Lipinski definition) is 4. The lowest BCUT2D eigenvalue weighted by molar-refractivity contribution is -0.126. The van der Waals surface area contributed by atoms with Gasteiger partial charge in [0.05, 0.1) is 6.04 Å². The molecule has 0 bridgehead atoms. The standard InChI is InChI=1S/C26H26N2O4/c29-21-5-2-6-24(30)23(12-10-21)28-15-19-14-20(9-11-22(19)26(28)32)27-25(31)18-4-1-3-17(13-18)16-7-8-16/h1,3-4,9,11,13-14,16,23H,2,5-8,10,12,15H2,(H,27,31). The van der Waals surface area contributed by atoms with Crippen LogP contribution in [0.25, 0.3) is 0 Å². The average Bonchev–Trinajstić information content (AvgIpc) is 3.58. The van der Waals surface area contributed by atoms with E-state index in [2.05, 4.69) is 11.4 Å². The third kappa shape index (κ3) is 4.09. The van der Waals surface area contributed by atoms with Gasteiger partial charge in [-0.1, -0.05) is 12.1 Å². The fourth-order valence-electron chi connectivity index (χ4n) is 4.77. The van der Waals surface area contributed by atoms with E-state index in [1.54, 1.807) is 23.1 Å². The average molecular weight is 431 g/mol. The molecule has 32 heavy (non-hydrogen) atoms. The summed E-state index contributed by atoms with van der Waals surface area (Å²) in [6, 6.07) is 12.4. The molecule has 5 rings (SSSR count). The number of rotatable bonds is 4. The molecule has 2 aromatic rings. The molecule has 6 nitrogen and oxygen atoms in total. The fraction of sp³-hybridized carbons (Fsp3) is 0.385. The summed E-state index contributed by atoms with van der Waals surface area (Å²) in [5.74, 6) is 0.403. The van der Waals surface area contributed by atoms with Crippen LogP contribution in [0.5, 0.6) is 0 Å². The molecule has 3 aliphatic rings. The minimum absolute atomic E-state index is 0.0303. The molecule has 2 aromatic carbocycles. The van der Waals surface area contributed by atoms with Crippen molar-refractivity contribution in [2.24, 2.45) is 0 Å². The Morgan fingerprint density at radius 3 is 2.59 bits per heavy atom. The number of nitrogens with one attached hydrogen (secondary N) is 1. The predicted molar refractivity (Wildman–Crippen MR) is 120 cm³/mol. The van der Waals surface area contributed by atoms with Crippen LogP contribution in [0.4, 0.5) is 5.69 Å².